The Morgan fingerprint density at radius 2 is 1.67 bits per heavy atom. The van der Waals surface area contributed by atoms with Gasteiger partial charge in [0.2, 0.25) is 5.91 Å². The molecule has 0 heterocycles. The number of hydrogen-bond donors (Lipinski definition) is 3. The monoisotopic (exact) mass is 413 g/mol. The summed E-state index contributed by atoms with van der Waals surface area (Å²) in [5.41, 5.74) is 6.45. The van der Waals surface area contributed by atoms with Gasteiger partial charge in [0.25, 0.3) is 10.0 Å². The van der Waals surface area contributed by atoms with Gasteiger partial charge in [0.05, 0.1) is 16.3 Å². The second-order valence-electron chi connectivity index (χ2n) is 6.36. The van der Waals surface area contributed by atoms with Gasteiger partial charge in [0.1, 0.15) is 5.82 Å². The van der Waals surface area contributed by atoms with Gasteiger partial charge in [-0.2, -0.15) is 0 Å². The summed E-state index contributed by atoms with van der Waals surface area (Å²) in [6.45, 7) is 0. The van der Waals surface area contributed by atoms with E-state index in [9.17, 15) is 17.6 Å². The fourth-order valence-electron chi connectivity index (χ4n) is 2.99. The van der Waals surface area contributed by atoms with Crippen LogP contribution in [0.5, 0.6) is 0 Å². The number of nitrogens with one attached hydrogen (secondary N) is 2. The fourth-order valence-corrected chi connectivity index (χ4v) is 4.07. The Hall–Kier alpha value is -2.16. The summed E-state index contributed by atoms with van der Waals surface area (Å²) in [4.78, 5) is 12.3. The quantitative estimate of drug-likeness (QED) is 0.700. The predicted octanol–water partition coefficient (Wildman–Crippen LogP) is 3.11. The third kappa shape index (κ3) is 5.18. The minimum absolute atomic E-state index is 0. The van der Waals surface area contributed by atoms with E-state index in [0.717, 1.165) is 25.0 Å². The third-order valence-electron chi connectivity index (χ3n) is 4.40. The smallest absolute Gasteiger partial charge is 0.261 e. The van der Waals surface area contributed by atoms with Gasteiger partial charge in [-0.1, -0.05) is 12.1 Å². The van der Waals surface area contributed by atoms with Crippen molar-refractivity contribution < 1.29 is 17.6 Å². The standard InChI is InChI=1S/C18H20FN3O3S.ClH/c19-13-6-9-15(10-7-13)26(24,25)22-17-4-2-1-3-16(17)21-18(23)12-5-8-14(20)11-12;/h1-4,6-7,9-10,12,14,22H,5,8,11,20H2,(H,21,23);1H. The summed E-state index contributed by atoms with van der Waals surface area (Å²) in [7, 11) is -3.90. The molecule has 2 aromatic carbocycles. The summed E-state index contributed by atoms with van der Waals surface area (Å²) in [5.74, 6) is -0.871. The van der Waals surface area contributed by atoms with Gasteiger partial charge >= 0.3 is 0 Å². The van der Waals surface area contributed by atoms with Gasteiger partial charge in [0.15, 0.2) is 0 Å². The first-order valence-electron chi connectivity index (χ1n) is 8.29. The Balaban J connectivity index is 0.00000261. The van der Waals surface area contributed by atoms with E-state index in [-0.39, 0.29) is 40.9 Å². The van der Waals surface area contributed by atoms with Gasteiger partial charge in [-0.15, -0.1) is 12.4 Å². The first kappa shape index (κ1) is 21.1. The van der Waals surface area contributed by atoms with Gasteiger partial charge in [-0.25, -0.2) is 12.8 Å². The predicted molar refractivity (Wildman–Crippen MR) is 105 cm³/mol. The number of hydrogen-bond acceptors (Lipinski definition) is 4. The van der Waals surface area contributed by atoms with E-state index in [1.807, 2.05) is 0 Å². The van der Waals surface area contributed by atoms with Crippen LogP contribution in [-0.4, -0.2) is 20.4 Å². The number of carbonyl (C=O) groups is 1. The molecule has 3 rings (SSSR count). The molecular formula is C18H21ClFN3O3S. The molecule has 2 atom stereocenters. The van der Waals surface area contributed by atoms with E-state index in [2.05, 4.69) is 10.0 Å². The Morgan fingerprint density at radius 3 is 2.26 bits per heavy atom. The van der Waals surface area contributed by atoms with Crippen molar-refractivity contribution in [2.45, 2.75) is 30.2 Å². The highest BCUT2D eigenvalue weighted by Gasteiger charge is 2.28. The molecule has 0 saturated heterocycles. The molecule has 2 aromatic rings. The minimum atomic E-state index is -3.90. The van der Waals surface area contributed by atoms with Crippen LogP contribution in [0.2, 0.25) is 0 Å². The number of nitrogens with two attached hydrogens (primary N) is 1. The first-order valence-corrected chi connectivity index (χ1v) is 9.77. The third-order valence-corrected chi connectivity index (χ3v) is 5.78. The Labute approximate surface area is 163 Å². The van der Waals surface area contributed by atoms with Crippen molar-refractivity contribution in [2.75, 3.05) is 10.0 Å². The van der Waals surface area contributed by atoms with Gasteiger partial charge in [0, 0.05) is 12.0 Å². The molecular weight excluding hydrogens is 393 g/mol. The molecule has 0 radical (unpaired) electrons. The van der Waals surface area contributed by atoms with Crippen molar-refractivity contribution in [1.29, 1.82) is 0 Å². The fraction of sp³-hybridized carbons (Fsp3) is 0.278. The molecule has 6 nitrogen and oxygen atoms in total. The summed E-state index contributed by atoms with van der Waals surface area (Å²) in [6.07, 6.45) is 2.14. The lowest BCUT2D eigenvalue weighted by molar-refractivity contribution is -0.119. The van der Waals surface area contributed by atoms with Crippen molar-refractivity contribution in [1.82, 2.24) is 0 Å². The molecule has 146 valence electrons. The molecule has 0 bridgehead atoms. The molecule has 1 aliphatic carbocycles. The number of halogens is 2. The van der Waals surface area contributed by atoms with Crippen LogP contribution in [-0.2, 0) is 14.8 Å². The van der Waals surface area contributed by atoms with Crippen molar-refractivity contribution >= 4 is 39.7 Å². The number of sulfonamides is 1. The van der Waals surface area contributed by atoms with Crippen molar-refractivity contribution in [3.05, 3.63) is 54.3 Å². The molecule has 0 aliphatic heterocycles. The summed E-state index contributed by atoms with van der Waals surface area (Å²) in [6, 6.07) is 11.1. The SMILES string of the molecule is Cl.NC1CCC(C(=O)Nc2ccccc2NS(=O)(=O)c2ccc(F)cc2)C1. The van der Waals surface area contributed by atoms with Crippen LogP contribution in [0.15, 0.2) is 53.4 Å². The Bertz CT molecular complexity index is 906. The van der Waals surface area contributed by atoms with E-state index >= 15 is 0 Å². The molecule has 0 spiro atoms. The second-order valence-corrected chi connectivity index (χ2v) is 8.05. The molecule has 9 heteroatoms. The average Bonchev–Trinajstić information content (AvgIpc) is 3.03. The molecule has 27 heavy (non-hydrogen) atoms. The lowest BCUT2D eigenvalue weighted by atomic mass is 10.1. The van der Waals surface area contributed by atoms with E-state index in [0.29, 0.717) is 12.1 Å². The topological polar surface area (TPSA) is 101 Å². The molecule has 0 aromatic heterocycles. The molecule has 2 unspecified atom stereocenters. The normalized spacial score (nSPS) is 19.2. The van der Waals surface area contributed by atoms with Crippen LogP contribution in [0, 0.1) is 11.7 Å². The lowest BCUT2D eigenvalue weighted by Crippen LogP contribution is -2.24. The number of amides is 1. The maximum absolute atomic E-state index is 13.0. The highest BCUT2D eigenvalue weighted by Crippen LogP contribution is 2.29. The Kier molecular flexibility index (Phi) is 6.80. The average molecular weight is 414 g/mol. The molecule has 1 fully saturated rings. The van der Waals surface area contributed by atoms with Crippen LogP contribution in [0.1, 0.15) is 19.3 Å². The number of para-hydroxylation sites is 2. The van der Waals surface area contributed by atoms with Crippen molar-refractivity contribution in [3.63, 3.8) is 0 Å². The summed E-state index contributed by atoms with van der Waals surface area (Å²) in [5, 5.41) is 2.77. The number of carbonyl (C=O) groups excluding carboxylic acids is 1. The highest BCUT2D eigenvalue weighted by molar-refractivity contribution is 7.92. The van der Waals surface area contributed by atoms with E-state index in [1.165, 1.54) is 12.1 Å². The minimum Gasteiger partial charge on any atom is -0.328 e. The maximum Gasteiger partial charge on any atom is 0.261 e. The number of anilines is 2. The summed E-state index contributed by atoms with van der Waals surface area (Å²) >= 11 is 0. The zero-order chi connectivity index (χ0) is 18.7. The second kappa shape index (κ2) is 8.69. The van der Waals surface area contributed by atoms with E-state index in [1.54, 1.807) is 24.3 Å². The molecule has 1 amide bonds. The first-order chi connectivity index (χ1) is 12.3. The summed E-state index contributed by atoms with van der Waals surface area (Å²) < 4.78 is 40.4. The lowest BCUT2D eigenvalue weighted by Gasteiger charge is -2.15. The molecule has 1 saturated carbocycles. The maximum atomic E-state index is 13.0. The number of benzene rings is 2. The van der Waals surface area contributed by atoms with Crippen molar-refractivity contribution in [3.8, 4) is 0 Å². The van der Waals surface area contributed by atoms with Gasteiger partial charge < -0.3 is 11.1 Å². The van der Waals surface area contributed by atoms with Crippen LogP contribution in [0.4, 0.5) is 15.8 Å². The van der Waals surface area contributed by atoms with E-state index in [4.69, 9.17) is 5.73 Å². The van der Waals surface area contributed by atoms with E-state index < -0.39 is 15.8 Å². The van der Waals surface area contributed by atoms with Crippen LogP contribution < -0.4 is 15.8 Å². The van der Waals surface area contributed by atoms with Crippen molar-refractivity contribution in [2.24, 2.45) is 11.7 Å². The largest absolute Gasteiger partial charge is 0.328 e. The van der Waals surface area contributed by atoms with Crippen LogP contribution in [0.25, 0.3) is 0 Å². The molecule has 1 aliphatic rings. The van der Waals surface area contributed by atoms with Crippen LogP contribution in [0.3, 0.4) is 0 Å². The Morgan fingerprint density at radius 1 is 1.04 bits per heavy atom. The number of rotatable bonds is 5. The zero-order valence-electron chi connectivity index (χ0n) is 14.4. The van der Waals surface area contributed by atoms with Gasteiger partial charge in [-0.3, -0.25) is 9.52 Å². The van der Waals surface area contributed by atoms with Gasteiger partial charge in [-0.05, 0) is 55.7 Å². The van der Waals surface area contributed by atoms with Crippen LogP contribution >= 0.6 is 12.4 Å². The highest BCUT2D eigenvalue weighted by atomic mass is 35.5. The molecule has 4 N–H and O–H groups in total. The zero-order valence-corrected chi connectivity index (χ0v) is 16.0.